The van der Waals surface area contributed by atoms with Crippen LogP contribution < -0.4 is 15.4 Å². The summed E-state index contributed by atoms with van der Waals surface area (Å²) >= 11 is 0. The number of anilines is 1. The van der Waals surface area contributed by atoms with Gasteiger partial charge in [-0.3, -0.25) is 0 Å². The number of amides is 2. The van der Waals surface area contributed by atoms with E-state index in [4.69, 9.17) is 4.74 Å². The van der Waals surface area contributed by atoms with Gasteiger partial charge >= 0.3 is 6.03 Å². The van der Waals surface area contributed by atoms with Crippen LogP contribution in [0.2, 0.25) is 0 Å². The molecule has 22 heavy (non-hydrogen) atoms. The molecule has 5 heteroatoms. The summed E-state index contributed by atoms with van der Waals surface area (Å²) in [7, 11) is 1.59. The Morgan fingerprint density at radius 3 is 2.55 bits per heavy atom. The van der Waals surface area contributed by atoms with Crippen molar-refractivity contribution in [2.45, 2.75) is 40.7 Å². The second-order valence-electron chi connectivity index (χ2n) is 6.67. The van der Waals surface area contributed by atoms with Gasteiger partial charge in [-0.2, -0.15) is 0 Å². The van der Waals surface area contributed by atoms with Crippen molar-refractivity contribution in [3.63, 3.8) is 0 Å². The molecule has 5 nitrogen and oxygen atoms in total. The highest BCUT2D eigenvalue weighted by atomic mass is 16.5. The van der Waals surface area contributed by atoms with Crippen molar-refractivity contribution in [3.05, 3.63) is 23.8 Å². The summed E-state index contributed by atoms with van der Waals surface area (Å²) in [5.74, 6) is 0.831. The maximum absolute atomic E-state index is 12.1. The van der Waals surface area contributed by atoms with Gasteiger partial charge in [0, 0.05) is 23.7 Å². The lowest BCUT2D eigenvalue weighted by molar-refractivity contribution is 0.0154. The molecule has 1 atom stereocenters. The minimum atomic E-state index is -0.480. The van der Waals surface area contributed by atoms with Crippen LogP contribution in [0.3, 0.4) is 0 Å². The summed E-state index contributed by atoms with van der Waals surface area (Å²) in [5, 5.41) is 15.8. The van der Waals surface area contributed by atoms with Crippen LogP contribution in [0.5, 0.6) is 5.75 Å². The van der Waals surface area contributed by atoms with E-state index in [-0.39, 0.29) is 11.9 Å². The number of carbonyl (C=O) groups excluding carboxylic acids is 1. The third-order valence-electron chi connectivity index (χ3n) is 3.83. The number of hydrogen-bond acceptors (Lipinski definition) is 3. The van der Waals surface area contributed by atoms with Crippen LogP contribution in [-0.2, 0) is 0 Å². The highest BCUT2D eigenvalue weighted by Gasteiger charge is 2.30. The Morgan fingerprint density at radius 2 is 2.00 bits per heavy atom. The number of benzene rings is 1. The Labute approximate surface area is 133 Å². The van der Waals surface area contributed by atoms with Crippen LogP contribution in [0.15, 0.2) is 18.2 Å². The molecule has 1 aromatic rings. The molecule has 0 unspecified atom stereocenters. The molecule has 0 saturated heterocycles. The van der Waals surface area contributed by atoms with Crippen LogP contribution in [0.25, 0.3) is 0 Å². The molecule has 3 N–H and O–H groups in total. The number of ether oxygens (including phenoxy) is 1. The fourth-order valence-corrected chi connectivity index (χ4v) is 2.34. The van der Waals surface area contributed by atoms with Crippen LogP contribution in [0.1, 0.15) is 33.3 Å². The normalized spacial score (nSPS) is 12.9. The first-order chi connectivity index (χ1) is 10.2. The molecule has 0 heterocycles. The Morgan fingerprint density at radius 1 is 1.36 bits per heavy atom. The molecule has 0 spiro atoms. The molecule has 0 aromatic heterocycles. The molecular formula is C17H28N2O3. The number of carbonyl (C=O) groups is 1. The van der Waals surface area contributed by atoms with Crippen molar-refractivity contribution in [1.29, 1.82) is 0 Å². The van der Waals surface area contributed by atoms with Gasteiger partial charge < -0.3 is 20.5 Å². The van der Waals surface area contributed by atoms with Gasteiger partial charge in [-0.25, -0.2) is 4.79 Å². The van der Waals surface area contributed by atoms with Crippen LogP contribution in [0.4, 0.5) is 10.5 Å². The van der Waals surface area contributed by atoms with E-state index >= 15 is 0 Å². The first kappa shape index (κ1) is 18.3. The third-order valence-corrected chi connectivity index (χ3v) is 3.83. The molecule has 0 aliphatic rings. The lowest BCUT2D eigenvalue weighted by atomic mass is 9.81. The van der Waals surface area contributed by atoms with Crippen molar-refractivity contribution < 1.29 is 14.6 Å². The Balaban J connectivity index is 2.64. The minimum absolute atomic E-state index is 0.139. The summed E-state index contributed by atoms with van der Waals surface area (Å²) in [5.41, 5.74) is 1.27. The maximum atomic E-state index is 12.1. The number of hydrogen-bond donors (Lipinski definition) is 3. The van der Waals surface area contributed by atoms with E-state index in [0.29, 0.717) is 18.0 Å². The van der Waals surface area contributed by atoms with Gasteiger partial charge in [-0.1, -0.05) is 33.8 Å². The van der Waals surface area contributed by atoms with Crippen LogP contribution >= 0.6 is 0 Å². The summed E-state index contributed by atoms with van der Waals surface area (Å²) in [6.07, 6.45) is -0.480. The van der Waals surface area contributed by atoms with Gasteiger partial charge in [-0.05, 0) is 24.5 Å². The van der Waals surface area contributed by atoms with Gasteiger partial charge in [0.05, 0.1) is 13.2 Å². The van der Waals surface area contributed by atoms with Crippen LogP contribution in [-0.4, -0.2) is 30.9 Å². The van der Waals surface area contributed by atoms with E-state index in [9.17, 15) is 9.90 Å². The number of aryl methyl sites for hydroxylation is 1. The largest absolute Gasteiger partial charge is 0.497 e. The molecule has 2 amide bonds. The molecular weight excluding hydrogens is 280 g/mol. The van der Waals surface area contributed by atoms with E-state index in [1.807, 2.05) is 46.8 Å². The number of aliphatic hydroxyl groups excluding tert-OH is 1. The number of methoxy groups -OCH3 is 1. The zero-order valence-corrected chi connectivity index (χ0v) is 14.4. The quantitative estimate of drug-likeness (QED) is 0.756. The first-order valence-corrected chi connectivity index (χ1v) is 7.55. The zero-order chi connectivity index (χ0) is 16.9. The van der Waals surface area contributed by atoms with Gasteiger partial charge in [0.15, 0.2) is 0 Å². The predicted octanol–water partition coefficient (Wildman–Crippen LogP) is 3.17. The Hall–Kier alpha value is -1.75. The standard InChI is InChI=1S/C17H28N2O3/c1-11(2)15(20)17(4,5)10-18-16(21)19-14-9-13(22-6)8-7-12(14)3/h7-9,11,15,20H,10H2,1-6H3,(H2,18,19,21)/t15-/m0/s1. The highest BCUT2D eigenvalue weighted by Crippen LogP contribution is 2.25. The molecule has 0 radical (unpaired) electrons. The molecule has 0 saturated carbocycles. The lowest BCUT2D eigenvalue weighted by Gasteiger charge is -2.33. The van der Waals surface area contributed by atoms with E-state index in [1.165, 1.54) is 0 Å². The van der Waals surface area contributed by atoms with Crippen molar-refractivity contribution in [2.24, 2.45) is 11.3 Å². The van der Waals surface area contributed by atoms with Crippen LogP contribution in [0, 0.1) is 18.3 Å². The molecule has 124 valence electrons. The van der Waals surface area contributed by atoms with Crippen molar-refractivity contribution in [3.8, 4) is 5.75 Å². The molecule has 0 aliphatic carbocycles. The molecule has 0 aliphatic heterocycles. The van der Waals surface area contributed by atoms with E-state index in [0.717, 1.165) is 5.56 Å². The van der Waals surface area contributed by atoms with E-state index < -0.39 is 11.5 Å². The monoisotopic (exact) mass is 308 g/mol. The number of nitrogens with one attached hydrogen (secondary N) is 2. The van der Waals surface area contributed by atoms with E-state index in [2.05, 4.69) is 10.6 Å². The topological polar surface area (TPSA) is 70.6 Å². The fourth-order valence-electron chi connectivity index (χ4n) is 2.34. The SMILES string of the molecule is COc1ccc(C)c(NC(=O)NCC(C)(C)[C@@H](O)C(C)C)c1. The third kappa shape index (κ3) is 4.91. The number of urea groups is 1. The summed E-state index contributed by atoms with van der Waals surface area (Å²) in [6.45, 7) is 10.1. The first-order valence-electron chi connectivity index (χ1n) is 7.55. The average molecular weight is 308 g/mol. The fraction of sp³-hybridized carbons (Fsp3) is 0.588. The van der Waals surface area contributed by atoms with Gasteiger partial charge in [0.1, 0.15) is 5.75 Å². The number of aliphatic hydroxyl groups is 1. The molecule has 1 rings (SSSR count). The maximum Gasteiger partial charge on any atom is 0.319 e. The number of rotatable bonds is 6. The molecule has 0 bridgehead atoms. The summed E-state index contributed by atoms with van der Waals surface area (Å²) in [6, 6.07) is 5.23. The second-order valence-corrected chi connectivity index (χ2v) is 6.67. The zero-order valence-electron chi connectivity index (χ0n) is 14.4. The smallest absolute Gasteiger partial charge is 0.319 e. The predicted molar refractivity (Wildman–Crippen MR) is 89.4 cm³/mol. The van der Waals surface area contributed by atoms with Gasteiger partial charge in [-0.15, -0.1) is 0 Å². The Bertz CT molecular complexity index is 513. The lowest BCUT2D eigenvalue weighted by Crippen LogP contribution is -2.44. The van der Waals surface area contributed by atoms with Crippen molar-refractivity contribution in [1.82, 2.24) is 5.32 Å². The molecule has 1 aromatic carbocycles. The highest BCUT2D eigenvalue weighted by molar-refractivity contribution is 5.90. The summed E-state index contributed by atoms with van der Waals surface area (Å²) in [4.78, 5) is 12.1. The summed E-state index contributed by atoms with van der Waals surface area (Å²) < 4.78 is 5.16. The van der Waals surface area contributed by atoms with E-state index in [1.54, 1.807) is 13.2 Å². The second kappa shape index (κ2) is 7.49. The average Bonchev–Trinajstić information content (AvgIpc) is 2.46. The van der Waals surface area contributed by atoms with Gasteiger partial charge in [0.25, 0.3) is 0 Å². The molecule has 0 fully saturated rings. The minimum Gasteiger partial charge on any atom is -0.497 e. The van der Waals surface area contributed by atoms with Crippen molar-refractivity contribution in [2.75, 3.05) is 19.0 Å². The van der Waals surface area contributed by atoms with Crippen molar-refractivity contribution >= 4 is 11.7 Å². The van der Waals surface area contributed by atoms with Gasteiger partial charge in [0.2, 0.25) is 0 Å². The Kier molecular flexibility index (Phi) is 6.23.